The average molecular weight is 419 g/mol. The van der Waals surface area contributed by atoms with E-state index in [9.17, 15) is 9.59 Å². The second-order valence-corrected chi connectivity index (χ2v) is 8.02. The monoisotopic (exact) mass is 418 g/mol. The van der Waals surface area contributed by atoms with Gasteiger partial charge in [0, 0.05) is 76.5 Å². The fourth-order valence-corrected chi connectivity index (χ4v) is 3.76. The number of amides is 2. The van der Waals surface area contributed by atoms with Crippen LogP contribution in [0.15, 0.2) is 64.8 Å². The minimum atomic E-state index is -0.00792. The molecule has 2 amide bonds. The molecule has 1 aliphatic rings. The zero-order chi connectivity index (χ0) is 22.5. The molecule has 0 aromatic heterocycles. The number of allylic oxidation sites excluding steroid dienone is 1. The van der Waals surface area contributed by atoms with Crippen molar-refractivity contribution in [3.8, 4) is 11.1 Å². The lowest BCUT2D eigenvalue weighted by molar-refractivity contribution is -0.128. The molecule has 162 valence electrons. The molecule has 1 fully saturated rings. The average Bonchev–Trinajstić information content (AvgIpc) is 2.78. The van der Waals surface area contributed by atoms with E-state index >= 15 is 0 Å². The van der Waals surface area contributed by atoms with Gasteiger partial charge in [0.1, 0.15) is 0 Å². The maximum Gasteiger partial charge on any atom is 0.253 e. The van der Waals surface area contributed by atoms with Gasteiger partial charge in [-0.15, -0.1) is 0 Å². The highest BCUT2D eigenvalue weighted by atomic mass is 16.2. The second kappa shape index (κ2) is 9.60. The summed E-state index contributed by atoms with van der Waals surface area (Å²) in [5.74, 6) is 0.0505. The van der Waals surface area contributed by atoms with Crippen molar-refractivity contribution >= 4 is 17.5 Å². The van der Waals surface area contributed by atoms with Crippen molar-refractivity contribution in [3.63, 3.8) is 0 Å². The van der Waals surface area contributed by atoms with Crippen molar-refractivity contribution < 1.29 is 9.59 Å². The van der Waals surface area contributed by atoms with Crippen molar-refractivity contribution in [1.29, 1.82) is 0 Å². The molecule has 0 atom stereocenters. The van der Waals surface area contributed by atoms with E-state index < -0.39 is 0 Å². The second-order valence-electron chi connectivity index (χ2n) is 8.02. The largest absolute Gasteiger partial charge is 0.401 e. The molecular formula is C25H30N4O2. The molecule has 0 unspecified atom stereocenters. The van der Waals surface area contributed by atoms with E-state index in [-0.39, 0.29) is 11.8 Å². The van der Waals surface area contributed by atoms with E-state index in [1.54, 1.807) is 33.0 Å². The summed E-state index contributed by atoms with van der Waals surface area (Å²) >= 11 is 0. The van der Waals surface area contributed by atoms with E-state index in [0.29, 0.717) is 25.1 Å². The highest BCUT2D eigenvalue weighted by Gasteiger charge is 2.23. The third-order valence-electron chi connectivity index (χ3n) is 5.64. The smallest absolute Gasteiger partial charge is 0.253 e. The van der Waals surface area contributed by atoms with Gasteiger partial charge < -0.3 is 15.5 Å². The van der Waals surface area contributed by atoms with Gasteiger partial charge in [0.15, 0.2) is 0 Å². The zero-order valence-electron chi connectivity index (χ0n) is 18.7. The van der Waals surface area contributed by atoms with Crippen molar-refractivity contribution in [3.05, 3.63) is 70.9 Å². The maximum atomic E-state index is 12.1. The van der Waals surface area contributed by atoms with E-state index in [2.05, 4.69) is 29.3 Å². The molecule has 2 aromatic carbocycles. The highest BCUT2D eigenvalue weighted by molar-refractivity contribution is 6.02. The van der Waals surface area contributed by atoms with Crippen molar-refractivity contribution in [2.75, 3.05) is 34.2 Å². The molecule has 6 nitrogen and oxygen atoms in total. The molecule has 0 bridgehead atoms. The number of rotatable bonds is 4. The summed E-state index contributed by atoms with van der Waals surface area (Å²) in [7, 11) is 5.27. The third-order valence-corrected chi connectivity index (χ3v) is 5.64. The van der Waals surface area contributed by atoms with Crippen molar-refractivity contribution in [2.24, 2.45) is 10.7 Å². The van der Waals surface area contributed by atoms with Crippen LogP contribution in [0.4, 0.5) is 0 Å². The van der Waals surface area contributed by atoms with Crippen LogP contribution in [-0.2, 0) is 11.2 Å². The predicted molar refractivity (Wildman–Crippen MR) is 125 cm³/mol. The van der Waals surface area contributed by atoms with Gasteiger partial charge in [-0.1, -0.05) is 36.4 Å². The lowest BCUT2D eigenvalue weighted by Gasteiger charge is -2.30. The molecule has 3 rings (SSSR count). The topological polar surface area (TPSA) is 79.0 Å². The molecule has 31 heavy (non-hydrogen) atoms. The van der Waals surface area contributed by atoms with Gasteiger partial charge in [-0.2, -0.15) is 0 Å². The summed E-state index contributed by atoms with van der Waals surface area (Å²) in [5, 5.41) is 0. The molecule has 1 saturated heterocycles. The van der Waals surface area contributed by atoms with Crippen LogP contribution in [0.1, 0.15) is 29.3 Å². The Morgan fingerprint density at radius 2 is 1.61 bits per heavy atom. The lowest BCUT2D eigenvalue weighted by Crippen LogP contribution is -2.40. The fraction of sp³-hybridized carbons (Fsp3) is 0.320. The van der Waals surface area contributed by atoms with Crippen LogP contribution >= 0.6 is 0 Å². The molecule has 0 aliphatic carbocycles. The minimum absolute atomic E-state index is 0.00792. The normalized spacial score (nSPS) is 16.9. The SMILES string of the molecule is CN=C1CCN(C(C)=O)CC1=C(N)Cc1ccc(-c2ccc(C(=O)N(C)C)cc2)cc1. The highest BCUT2D eigenvalue weighted by Crippen LogP contribution is 2.23. The number of carbonyl (C=O) groups excluding carboxylic acids is 2. The van der Waals surface area contributed by atoms with Gasteiger partial charge in [-0.05, 0) is 28.8 Å². The lowest BCUT2D eigenvalue weighted by atomic mass is 9.96. The number of carbonyl (C=O) groups is 2. The van der Waals surface area contributed by atoms with Crippen molar-refractivity contribution in [2.45, 2.75) is 19.8 Å². The third kappa shape index (κ3) is 5.20. The molecule has 0 saturated carbocycles. The Labute approximate surface area is 184 Å². The number of nitrogens with zero attached hydrogens (tertiary/aromatic N) is 3. The standard InChI is InChI=1S/C25H30N4O2/c1-17(30)29-14-13-24(27-2)22(16-29)23(26)15-18-5-7-19(8-6-18)20-9-11-21(12-10-20)25(31)28(3)4/h5-12H,13-16,26H2,1-4H3. The van der Waals surface area contributed by atoms with Crippen LogP contribution in [0.2, 0.25) is 0 Å². The first kappa shape index (κ1) is 22.3. The number of piperidine rings is 1. The van der Waals surface area contributed by atoms with Gasteiger partial charge in [0.2, 0.25) is 5.91 Å². The number of benzene rings is 2. The number of hydrogen-bond acceptors (Lipinski definition) is 4. The van der Waals surface area contributed by atoms with E-state index in [0.717, 1.165) is 40.1 Å². The van der Waals surface area contributed by atoms with Crippen LogP contribution < -0.4 is 5.73 Å². The Hall–Kier alpha value is -3.41. The summed E-state index contributed by atoms with van der Waals surface area (Å²) in [6.45, 7) is 2.79. The molecule has 6 heteroatoms. The molecule has 0 spiro atoms. The molecular weight excluding hydrogens is 388 g/mol. The van der Waals surface area contributed by atoms with Crippen LogP contribution in [0.3, 0.4) is 0 Å². The predicted octanol–water partition coefficient (Wildman–Crippen LogP) is 3.13. The van der Waals surface area contributed by atoms with Crippen LogP contribution in [0.5, 0.6) is 0 Å². The minimum Gasteiger partial charge on any atom is -0.401 e. The summed E-state index contributed by atoms with van der Waals surface area (Å²) in [6, 6.07) is 15.9. The quantitative estimate of drug-likeness (QED) is 0.828. The number of likely N-dealkylation sites (tertiary alicyclic amines) is 1. The first-order valence-electron chi connectivity index (χ1n) is 10.4. The van der Waals surface area contributed by atoms with E-state index in [1.807, 2.05) is 29.2 Å². The van der Waals surface area contributed by atoms with Gasteiger partial charge in [-0.3, -0.25) is 14.6 Å². The van der Waals surface area contributed by atoms with Crippen LogP contribution in [0.25, 0.3) is 11.1 Å². The molecule has 0 radical (unpaired) electrons. The van der Waals surface area contributed by atoms with Crippen LogP contribution in [-0.4, -0.2) is 61.6 Å². The van der Waals surface area contributed by atoms with Gasteiger partial charge in [0.25, 0.3) is 5.91 Å². The van der Waals surface area contributed by atoms with E-state index in [4.69, 9.17) is 5.73 Å². The number of hydrogen-bond donors (Lipinski definition) is 1. The fourth-order valence-electron chi connectivity index (χ4n) is 3.76. The number of nitrogens with two attached hydrogens (primary N) is 1. The summed E-state index contributed by atoms with van der Waals surface area (Å²) < 4.78 is 0. The summed E-state index contributed by atoms with van der Waals surface area (Å²) in [4.78, 5) is 31.6. The number of aliphatic imine (C=N–C) groups is 1. The molecule has 1 heterocycles. The maximum absolute atomic E-state index is 12.1. The Bertz CT molecular complexity index is 1020. The molecule has 1 aliphatic heterocycles. The van der Waals surface area contributed by atoms with Gasteiger partial charge in [-0.25, -0.2) is 0 Å². The Morgan fingerprint density at radius 1 is 1.03 bits per heavy atom. The first-order valence-corrected chi connectivity index (χ1v) is 10.4. The molecule has 2 aromatic rings. The Kier molecular flexibility index (Phi) is 6.90. The zero-order valence-corrected chi connectivity index (χ0v) is 18.7. The van der Waals surface area contributed by atoms with Gasteiger partial charge >= 0.3 is 0 Å². The Balaban J connectivity index is 1.76. The summed E-state index contributed by atoms with van der Waals surface area (Å²) in [5.41, 5.74) is 13.1. The van der Waals surface area contributed by atoms with Crippen molar-refractivity contribution in [1.82, 2.24) is 9.80 Å². The Morgan fingerprint density at radius 3 is 2.13 bits per heavy atom. The summed E-state index contributed by atoms with van der Waals surface area (Å²) in [6.07, 6.45) is 1.34. The molecule has 2 N–H and O–H groups in total. The van der Waals surface area contributed by atoms with Crippen LogP contribution in [0, 0.1) is 0 Å². The van der Waals surface area contributed by atoms with E-state index in [1.165, 1.54) is 0 Å². The van der Waals surface area contributed by atoms with Gasteiger partial charge in [0.05, 0.1) is 0 Å². The first-order chi connectivity index (χ1) is 14.8.